The molecule has 4 aromatic rings. The van der Waals surface area contributed by atoms with Crippen LogP contribution in [0.4, 0.5) is 10.8 Å². The van der Waals surface area contributed by atoms with Crippen LogP contribution in [0.2, 0.25) is 4.34 Å². The molecule has 4 rings (SSSR count). The summed E-state index contributed by atoms with van der Waals surface area (Å²) < 4.78 is 29.2. The Kier molecular flexibility index (Phi) is 5.50. The van der Waals surface area contributed by atoms with E-state index in [9.17, 15) is 13.2 Å². The van der Waals surface area contributed by atoms with E-state index in [4.69, 9.17) is 11.6 Å². The van der Waals surface area contributed by atoms with Gasteiger partial charge in [0.25, 0.3) is 5.56 Å². The number of benzene rings is 2. The maximum absolute atomic E-state index is 13.1. The lowest BCUT2D eigenvalue weighted by Gasteiger charge is -2.07. The fourth-order valence-electron chi connectivity index (χ4n) is 3.15. The van der Waals surface area contributed by atoms with Gasteiger partial charge in [-0.05, 0) is 38.1 Å². The first kappa shape index (κ1) is 21.4. The molecule has 0 atom stereocenters. The summed E-state index contributed by atoms with van der Waals surface area (Å²) in [4.78, 5) is 17.4. The van der Waals surface area contributed by atoms with Gasteiger partial charge in [-0.25, -0.2) is 18.1 Å². The Morgan fingerprint density at radius 3 is 2.32 bits per heavy atom. The maximum Gasteiger partial charge on any atom is 0.295 e. The van der Waals surface area contributed by atoms with Gasteiger partial charge in [0.1, 0.15) is 10.0 Å². The van der Waals surface area contributed by atoms with E-state index >= 15 is 0 Å². The summed E-state index contributed by atoms with van der Waals surface area (Å²) in [5.74, 6) is 0. The van der Waals surface area contributed by atoms with Gasteiger partial charge in [-0.1, -0.05) is 58.8 Å². The van der Waals surface area contributed by atoms with Crippen molar-refractivity contribution in [1.29, 1.82) is 0 Å². The van der Waals surface area contributed by atoms with Gasteiger partial charge in [0, 0.05) is 7.05 Å². The standard InChI is InChI=1S/C21H19ClN4O3S2/c1-13-9-11-16(12-10-13)31(28,29)19-18(22)30-21(24-19)23-17-14(2)25(3)26(20(17)27)15-7-5-4-6-8-15/h4-12H,1-3H3,(H,23,24). The highest BCUT2D eigenvalue weighted by molar-refractivity contribution is 7.91. The number of hydrogen-bond acceptors (Lipinski definition) is 6. The second-order valence-electron chi connectivity index (χ2n) is 6.98. The largest absolute Gasteiger partial charge is 0.325 e. The first-order valence-corrected chi connectivity index (χ1v) is 12.0. The van der Waals surface area contributed by atoms with Crippen molar-refractivity contribution in [1.82, 2.24) is 14.3 Å². The summed E-state index contributed by atoms with van der Waals surface area (Å²) >= 11 is 7.21. The zero-order valence-corrected chi connectivity index (χ0v) is 19.3. The second-order valence-corrected chi connectivity index (χ2v) is 10.4. The topological polar surface area (TPSA) is 86.0 Å². The van der Waals surface area contributed by atoms with Gasteiger partial charge in [0.2, 0.25) is 9.84 Å². The minimum absolute atomic E-state index is 0.0278. The van der Waals surface area contributed by atoms with Crippen LogP contribution in [0, 0.1) is 13.8 Å². The number of anilines is 2. The highest BCUT2D eigenvalue weighted by atomic mass is 35.5. The number of sulfone groups is 1. The number of aryl methyl sites for hydroxylation is 1. The van der Waals surface area contributed by atoms with Crippen LogP contribution in [-0.4, -0.2) is 22.8 Å². The Morgan fingerprint density at radius 2 is 1.68 bits per heavy atom. The van der Waals surface area contributed by atoms with E-state index in [1.807, 2.05) is 37.3 Å². The molecule has 0 saturated carbocycles. The van der Waals surface area contributed by atoms with Crippen molar-refractivity contribution >= 4 is 43.6 Å². The van der Waals surface area contributed by atoms with Crippen molar-refractivity contribution in [3.05, 3.63) is 80.5 Å². The quantitative estimate of drug-likeness (QED) is 0.461. The molecule has 0 radical (unpaired) electrons. The molecule has 10 heteroatoms. The number of aromatic nitrogens is 3. The average molecular weight is 475 g/mol. The fraction of sp³-hybridized carbons (Fsp3) is 0.143. The SMILES string of the molecule is Cc1ccc(S(=O)(=O)c2nc(Nc3c(C)n(C)n(-c4ccccc4)c3=O)sc2Cl)cc1. The Labute approximate surface area is 188 Å². The molecule has 7 nitrogen and oxygen atoms in total. The van der Waals surface area contributed by atoms with Gasteiger partial charge >= 0.3 is 0 Å². The Hall–Kier alpha value is -2.88. The molecule has 0 spiro atoms. The van der Waals surface area contributed by atoms with Crippen LogP contribution in [0.5, 0.6) is 0 Å². The molecule has 1 N–H and O–H groups in total. The minimum Gasteiger partial charge on any atom is -0.325 e. The number of halogens is 1. The third kappa shape index (κ3) is 3.80. The normalized spacial score (nSPS) is 11.6. The molecular formula is C21H19ClN4O3S2. The summed E-state index contributed by atoms with van der Waals surface area (Å²) in [7, 11) is -2.11. The van der Waals surface area contributed by atoms with Crippen molar-refractivity contribution in [2.24, 2.45) is 7.05 Å². The maximum atomic E-state index is 13.1. The van der Waals surface area contributed by atoms with Crippen molar-refractivity contribution < 1.29 is 8.42 Å². The predicted molar refractivity (Wildman–Crippen MR) is 123 cm³/mol. The molecule has 2 aromatic carbocycles. The highest BCUT2D eigenvalue weighted by Crippen LogP contribution is 2.35. The Balaban J connectivity index is 1.73. The number of nitrogens with one attached hydrogen (secondary N) is 1. The monoisotopic (exact) mass is 474 g/mol. The van der Waals surface area contributed by atoms with Crippen LogP contribution in [0.1, 0.15) is 11.3 Å². The second kappa shape index (κ2) is 7.99. The van der Waals surface area contributed by atoms with Crippen LogP contribution in [0.15, 0.2) is 69.3 Å². The minimum atomic E-state index is -3.89. The highest BCUT2D eigenvalue weighted by Gasteiger charge is 2.26. The van der Waals surface area contributed by atoms with Crippen LogP contribution < -0.4 is 10.9 Å². The van der Waals surface area contributed by atoms with Crippen LogP contribution in [-0.2, 0) is 16.9 Å². The third-order valence-corrected chi connectivity index (χ3v) is 8.04. The first-order chi connectivity index (χ1) is 14.7. The van der Waals surface area contributed by atoms with Gasteiger partial charge < -0.3 is 5.32 Å². The lowest BCUT2D eigenvalue weighted by atomic mass is 10.2. The molecule has 0 fully saturated rings. The van der Waals surface area contributed by atoms with Gasteiger partial charge in [0.15, 0.2) is 10.2 Å². The summed E-state index contributed by atoms with van der Waals surface area (Å²) in [6.07, 6.45) is 0. The molecule has 31 heavy (non-hydrogen) atoms. The van der Waals surface area contributed by atoms with Gasteiger partial charge in [-0.3, -0.25) is 9.48 Å². The lowest BCUT2D eigenvalue weighted by Crippen LogP contribution is -2.20. The van der Waals surface area contributed by atoms with E-state index in [1.165, 1.54) is 16.8 Å². The molecular weight excluding hydrogens is 456 g/mol. The van der Waals surface area contributed by atoms with Crippen LogP contribution >= 0.6 is 22.9 Å². The average Bonchev–Trinajstić information content (AvgIpc) is 3.22. The number of nitrogens with zero attached hydrogens (tertiary/aromatic N) is 3. The molecule has 0 saturated heterocycles. The van der Waals surface area contributed by atoms with E-state index in [2.05, 4.69) is 10.3 Å². The van der Waals surface area contributed by atoms with Crippen molar-refractivity contribution in [3.8, 4) is 5.69 Å². The van der Waals surface area contributed by atoms with E-state index in [-0.39, 0.29) is 24.9 Å². The molecule has 2 aromatic heterocycles. The molecule has 0 aliphatic heterocycles. The molecule has 160 valence electrons. The van der Waals surface area contributed by atoms with Gasteiger partial charge in [-0.2, -0.15) is 0 Å². The predicted octanol–water partition coefficient (Wildman–Crippen LogP) is 4.48. The zero-order chi connectivity index (χ0) is 22.3. The lowest BCUT2D eigenvalue weighted by molar-refractivity contribution is 0.593. The Bertz CT molecular complexity index is 1420. The molecule has 0 aliphatic carbocycles. The molecule has 2 heterocycles. The third-order valence-electron chi connectivity index (χ3n) is 4.93. The number of para-hydroxylation sites is 1. The molecule has 0 aliphatic rings. The van der Waals surface area contributed by atoms with Crippen LogP contribution in [0.3, 0.4) is 0 Å². The zero-order valence-electron chi connectivity index (χ0n) is 17.0. The van der Waals surface area contributed by atoms with E-state index in [0.717, 1.165) is 16.9 Å². The van der Waals surface area contributed by atoms with Crippen LogP contribution in [0.25, 0.3) is 5.69 Å². The van der Waals surface area contributed by atoms with Crippen molar-refractivity contribution in [3.63, 3.8) is 0 Å². The smallest absolute Gasteiger partial charge is 0.295 e. The van der Waals surface area contributed by atoms with E-state index in [1.54, 1.807) is 30.8 Å². The summed E-state index contributed by atoms with van der Waals surface area (Å²) in [5, 5.41) is 2.96. The van der Waals surface area contributed by atoms with Gasteiger partial charge in [-0.15, -0.1) is 0 Å². The summed E-state index contributed by atoms with van der Waals surface area (Å²) in [5.41, 5.74) is 2.35. The molecule has 0 unspecified atom stereocenters. The first-order valence-electron chi connectivity index (χ1n) is 9.29. The number of thiazole rings is 1. The van der Waals surface area contributed by atoms with Gasteiger partial charge in [0.05, 0.1) is 16.3 Å². The number of hydrogen-bond donors (Lipinski definition) is 1. The Morgan fingerprint density at radius 1 is 1.03 bits per heavy atom. The number of rotatable bonds is 5. The molecule has 0 amide bonds. The summed E-state index contributed by atoms with van der Waals surface area (Å²) in [6.45, 7) is 3.67. The van der Waals surface area contributed by atoms with Crippen molar-refractivity contribution in [2.75, 3.05) is 5.32 Å². The van der Waals surface area contributed by atoms with E-state index < -0.39 is 9.84 Å². The van der Waals surface area contributed by atoms with E-state index in [0.29, 0.717) is 17.1 Å². The summed E-state index contributed by atoms with van der Waals surface area (Å²) in [6, 6.07) is 15.7. The van der Waals surface area contributed by atoms with Crippen molar-refractivity contribution in [2.45, 2.75) is 23.8 Å². The fourth-order valence-corrected chi connectivity index (χ4v) is 5.97. The molecule has 0 bridgehead atoms.